The van der Waals surface area contributed by atoms with E-state index in [9.17, 15) is 0 Å². The maximum atomic E-state index is 5.82. The second kappa shape index (κ2) is 3.12. The van der Waals surface area contributed by atoms with Crippen LogP contribution in [0.4, 0.5) is 0 Å². The zero-order chi connectivity index (χ0) is 9.47. The molecule has 0 radical (unpaired) electrons. The molecule has 0 atom stereocenters. The molecule has 1 aromatic rings. The molecule has 4 heteroatoms. The van der Waals surface area contributed by atoms with Crippen LogP contribution in [0.2, 0.25) is 10.3 Å². The fourth-order valence-electron chi connectivity index (χ4n) is 1.55. The van der Waals surface area contributed by atoms with E-state index in [0.717, 1.165) is 18.4 Å². The fourth-order valence-corrected chi connectivity index (χ4v) is 2.01. The molecule has 1 saturated carbocycles. The number of pyridine rings is 1. The number of hydrogen-bond donors (Lipinski definition) is 1. The Bertz CT molecular complexity index is 314. The van der Waals surface area contributed by atoms with Crippen LogP contribution >= 0.6 is 23.2 Å². The van der Waals surface area contributed by atoms with Crippen molar-refractivity contribution in [3.63, 3.8) is 0 Å². The van der Waals surface area contributed by atoms with Gasteiger partial charge in [0.05, 0.1) is 0 Å². The van der Waals surface area contributed by atoms with Crippen molar-refractivity contribution in [2.45, 2.75) is 18.4 Å². The molecule has 2 nitrogen and oxygen atoms in total. The zero-order valence-electron chi connectivity index (χ0n) is 7.27. The minimum atomic E-state index is 0.107. The smallest absolute Gasteiger partial charge is 0.131 e. The van der Waals surface area contributed by atoms with E-state index >= 15 is 0 Å². The van der Waals surface area contributed by atoms with Gasteiger partial charge in [-0.15, -0.1) is 0 Å². The number of hydrogen-bond acceptors (Lipinski definition) is 2. The molecule has 0 spiro atoms. The van der Waals surface area contributed by atoms with Gasteiger partial charge in [-0.25, -0.2) is 4.98 Å². The summed E-state index contributed by atoms with van der Waals surface area (Å²) in [5.74, 6) is 0. The monoisotopic (exact) mass is 216 g/mol. The lowest BCUT2D eigenvalue weighted by molar-refractivity contribution is 0.585. The lowest BCUT2D eigenvalue weighted by Gasteiger charge is -2.14. The molecule has 0 saturated heterocycles. The Hall–Kier alpha value is -0.310. The van der Waals surface area contributed by atoms with E-state index in [1.807, 2.05) is 19.2 Å². The van der Waals surface area contributed by atoms with Gasteiger partial charge in [0, 0.05) is 5.54 Å². The van der Waals surface area contributed by atoms with Gasteiger partial charge < -0.3 is 5.32 Å². The minimum absolute atomic E-state index is 0.107. The number of halogens is 2. The van der Waals surface area contributed by atoms with E-state index in [1.165, 1.54) is 0 Å². The molecule has 0 unspecified atom stereocenters. The summed E-state index contributed by atoms with van der Waals surface area (Å²) in [6.07, 6.45) is 2.28. The molecule has 0 amide bonds. The highest BCUT2D eigenvalue weighted by Crippen LogP contribution is 2.45. The van der Waals surface area contributed by atoms with E-state index in [-0.39, 0.29) is 5.54 Å². The third-order valence-corrected chi connectivity index (χ3v) is 2.93. The van der Waals surface area contributed by atoms with Gasteiger partial charge >= 0.3 is 0 Å². The second-order valence-corrected chi connectivity index (χ2v) is 4.11. The number of nitrogens with zero attached hydrogens (tertiary/aromatic N) is 1. The normalized spacial score (nSPS) is 18.7. The molecular formula is C9H10Cl2N2. The topological polar surface area (TPSA) is 24.9 Å². The SMILES string of the molecule is CNC1(c2cc(Cl)nc(Cl)c2)CC1. The Morgan fingerprint density at radius 3 is 2.23 bits per heavy atom. The molecule has 1 aliphatic carbocycles. The Labute approximate surface area is 87.3 Å². The molecule has 13 heavy (non-hydrogen) atoms. The Balaban J connectivity index is 2.40. The lowest BCUT2D eigenvalue weighted by atomic mass is 10.1. The van der Waals surface area contributed by atoms with Crippen LogP contribution in [0, 0.1) is 0 Å². The summed E-state index contributed by atoms with van der Waals surface area (Å²) in [6, 6.07) is 3.74. The van der Waals surface area contributed by atoms with Crippen LogP contribution in [0.15, 0.2) is 12.1 Å². The van der Waals surface area contributed by atoms with E-state index in [0.29, 0.717) is 10.3 Å². The van der Waals surface area contributed by atoms with Crippen molar-refractivity contribution >= 4 is 23.2 Å². The first-order valence-corrected chi connectivity index (χ1v) is 4.94. The highest BCUT2D eigenvalue weighted by molar-refractivity contribution is 6.32. The van der Waals surface area contributed by atoms with Crippen molar-refractivity contribution in [3.8, 4) is 0 Å². The highest BCUT2D eigenvalue weighted by atomic mass is 35.5. The Morgan fingerprint density at radius 2 is 1.85 bits per heavy atom. The standard InChI is InChI=1S/C9H10Cl2N2/c1-12-9(2-3-9)6-4-7(10)13-8(11)5-6/h4-5,12H,2-3H2,1H3. The van der Waals surface area contributed by atoms with Crippen molar-refractivity contribution < 1.29 is 0 Å². The van der Waals surface area contributed by atoms with Crippen LogP contribution < -0.4 is 5.32 Å². The van der Waals surface area contributed by atoms with E-state index < -0.39 is 0 Å². The predicted molar refractivity (Wildman–Crippen MR) is 54.2 cm³/mol. The van der Waals surface area contributed by atoms with Gasteiger partial charge in [-0.1, -0.05) is 23.2 Å². The van der Waals surface area contributed by atoms with Gasteiger partial charge in [0.1, 0.15) is 10.3 Å². The molecule has 1 N–H and O–H groups in total. The number of nitrogens with one attached hydrogen (secondary N) is 1. The predicted octanol–water partition coefficient (Wildman–Crippen LogP) is 2.60. The van der Waals surface area contributed by atoms with Gasteiger partial charge in [0.2, 0.25) is 0 Å². The summed E-state index contributed by atoms with van der Waals surface area (Å²) in [5, 5.41) is 4.20. The first kappa shape index (κ1) is 9.25. The average Bonchev–Trinajstić information content (AvgIpc) is 2.82. The molecular weight excluding hydrogens is 207 g/mol. The number of aromatic nitrogens is 1. The first-order valence-electron chi connectivity index (χ1n) is 4.19. The second-order valence-electron chi connectivity index (χ2n) is 3.33. The van der Waals surface area contributed by atoms with E-state index in [4.69, 9.17) is 23.2 Å². The van der Waals surface area contributed by atoms with Crippen molar-refractivity contribution in [1.82, 2.24) is 10.3 Å². The van der Waals surface area contributed by atoms with Crippen molar-refractivity contribution in [1.29, 1.82) is 0 Å². The third kappa shape index (κ3) is 1.66. The molecule has 1 aromatic heterocycles. The molecule has 1 fully saturated rings. The first-order chi connectivity index (χ1) is 6.16. The van der Waals surface area contributed by atoms with Crippen LogP contribution in [-0.2, 0) is 5.54 Å². The van der Waals surface area contributed by atoms with Crippen LogP contribution in [0.1, 0.15) is 18.4 Å². The third-order valence-electron chi connectivity index (χ3n) is 2.54. The van der Waals surface area contributed by atoms with E-state index in [1.54, 1.807) is 0 Å². The minimum Gasteiger partial charge on any atom is -0.310 e. The molecule has 0 bridgehead atoms. The molecule has 1 heterocycles. The van der Waals surface area contributed by atoms with E-state index in [2.05, 4.69) is 10.3 Å². The molecule has 0 aromatic carbocycles. The molecule has 0 aliphatic heterocycles. The maximum Gasteiger partial charge on any atom is 0.131 e. The van der Waals surface area contributed by atoms with Gasteiger partial charge in [-0.2, -0.15) is 0 Å². The number of rotatable bonds is 2. The molecule has 1 aliphatic rings. The highest BCUT2D eigenvalue weighted by Gasteiger charge is 2.43. The summed E-state index contributed by atoms with van der Waals surface area (Å²) >= 11 is 11.6. The summed E-state index contributed by atoms with van der Waals surface area (Å²) in [6.45, 7) is 0. The average molecular weight is 217 g/mol. The van der Waals surface area contributed by atoms with Gasteiger partial charge in [0.25, 0.3) is 0 Å². The van der Waals surface area contributed by atoms with Crippen LogP contribution in [-0.4, -0.2) is 12.0 Å². The fraction of sp³-hybridized carbons (Fsp3) is 0.444. The molecule has 70 valence electrons. The van der Waals surface area contributed by atoms with Crippen LogP contribution in [0.25, 0.3) is 0 Å². The Morgan fingerprint density at radius 1 is 1.31 bits per heavy atom. The summed E-state index contributed by atoms with van der Waals surface area (Å²) in [4.78, 5) is 3.91. The van der Waals surface area contributed by atoms with Gasteiger partial charge in [-0.3, -0.25) is 0 Å². The quantitative estimate of drug-likeness (QED) is 0.770. The van der Waals surface area contributed by atoms with Gasteiger partial charge in [0.15, 0.2) is 0 Å². The van der Waals surface area contributed by atoms with Crippen LogP contribution in [0.5, 0.6) is 0 Å². The molecule has 2 rings (SSSR count). The summed E-state index contributed by atoms with van der Waals surface area (Å²) < 4.78 is 0. The van der Waals surface area contributed by atoms with Gasteiger partial charge in [-0.05, 0) is 37.6 Å². The van der Waals surface area contributed by atoms with Crippen LogP contribution in [0.3, 0.4) is 0 Å². The van der Waals surface area contributed by atoms with Crippen molar-refractivity contribution in [3.05, 3.63) is 28.0 Å². The summed E-state index contributed by atoms with van der Waals surface area (Å²) in [5.41, 5.74) is 1.25. The Kier molecular flexibility index (Phi) is 2.22. The maximum absolute atomic E-state index is 5.82. The van der Waals surface area contributed by atoms with Crippen molar-refractivity contribution in [2.24, 2.45) is 0 Å². The summed E-state index contributed by atoms with van der Waals surface area (Å²) in [7, 11) is 1.95. The van der Waals surface area contributed by atoms with Crippen molar-refractivity contribution in [2.75, 3.05) is 7.05 Å². The zero-order valence-corrected chi connectivity index (χ0v) is 8.78. The largest absolute Gasteiger partial charge is 0.310 e. The lowest BCUT2D eigenvalue weighted by Crippen LogP contribution is -2.24.